The van der Waals surface area contributed by atoms with Crippen molar-refractivity contribution in [1.82, 2.24) is 4.90 Å². The molecule has 0 saturated carbocycles. The summed E-state index contributed by atoms with van der Waals surface area (Å²) in [6.45, 7) is 7.54. The summed E-state index contributed by atoms with van der Waals surface area (Å²) in [5.74, 6) is 1.95. The van der Waals surface area contributed by atoms with Gasteiger partial charge in [0.25, 0.3) is 0 Å². The zero-order valence-corrected chi connectivity index (χ0v) is 7.71. The van der Waals surface area contributed by atoms with Crippen LogP contribution in [-0.2, 0) is 0 Å². The van der Waals surface area contributed by atoms with Crippen molar-refractivity contribution in [3.63, 3.8) is 0 Å². The monoisotopic (exact) mass is 153 g/mol. The largest absolute Gasteiger partial charge is 0.300 e. The first-order valence-corrected chi connectivity index (χ1v) is 4.99. The van der Waals surface area contributed by atoms with E-state index >= 15 is 0 Å². The van der Waals surface area contributed by atoms with Gasteiger partial charge in [0.15, 0.2) is 0 Å². The van der Waals surface area contributed by atoms with E-state index in [1.165, 1.54) is 32.4 Å². The summed E-state index contributed by atoms with van der Waals surface area (Å²) in [4.78, 5) is 2.70. The van der Waals surface area contributed by atoms with E-state index in [1.807, 2.05) is 0 Å². The standard InChI is InChI=1S/C10H19N/c1-8-3-4-11-7-9(2)6-10(11)5-8/h8-10H,3-7H2,1-2H3/t8-,9+,10-/m0/s1. The van der Waals surface area contributed by atoms with Crippen LogP contribution in [0.3, 0.4) is 0 Å². The lowest BCUT2D eigenvalue weighted by Gasteiger charge is -2.32. The first-order chi connectivity index (χ1) is 5.25. The Morgan fingerprint density at radius 2 is 1.82 bits per heavy atom. The fourth-order valence-electron chi connectivity index (χ4n) is 2.73. The molecule has 0 aromatic carbocycles. The predicted octanol–water partition coefficient (Wildman–Crippen LogP) is 2.13. The van der Waals surface area contributed by atoms with Gasteiger partial charge in [0.2, 0.25) is 0 Å². The number of rotatable bonds is 0. The Kier molecular flexibility index (Phi) is 1.92. The molecule has 0 aliphatic carbocycles. The van der Waals surface area contributed by atoms with Crippen molar-refractivity contribution in [2.24, 2.45) is 11.8 Å². The van der Waals surface area contributed by atoms with Crippen molar-refractivity contribution in [1.29, 1.82) is 0 Å². The van der Waals surface area contributed by atoms with Gasteiger partial charge in [0.05, 0.1) is 0 Å². The van der Waals surface area contributed by atoms with E-state index < -0.39 is 0 Å². The third-order valence-corrected chi connectivity index (χ3v) is 3.32. The maximum atomic E-state index is 2.70. The second-order valence-corrected chi connectivity index (χ2v) is 4.62. The SMILES string of the molecule is C[C@@H]1C[C@@H]2C[C@@H](C)CCN2C1. The highest BCUT2D eigenvalue weighted by molar-refractivity contribution is 4.87. The second kappa shape index (κ2) is 2.78. The Morgan fingerprint density at radius 3 is 2.64 bits per heavy atom. The molecule has 0 spiro atoms. The highest BCUT2D eigenvalue weighted by atomic mass is 15.2. The lowest BCUT2D eigenvalue weighted by Crippen LogP contribution is -2.37. The summed E-state index contributed by atoms with van der Waals surface area (Å²) in [5, 5.41) is 0. The number of hydrogen-bond donors (Lipinski definition) is 0. The molecule has 0 aromatic heterocycles. The maximum absolute atomic E-state index is 2.70. The molecule has 64 valence electrons. The normalized spacial score (nSPS) is 45.8. The van der Waals surface area contributed by atoms with Crippen LogP contribution in [0.1, 0.15) is 33.1 Å². The minimum absolute atomic E-state index is 0.953. The van der Waals surface area contributed by atoms with E-state index in [1.54, 1.807) is 0 Å². The molecule has 0 bridgehead atoms. The lowest BCUT2D eigenvalue weighted by atomic mass is 9.92. The van der Waals surface area contributed by atoms with Gasteiger partial charge < -0.3 is 4.90 Å². The Balaban J connectivity index is 1.97. The second-order valence-electron chi connectivity index (χ2n) is 4.62. The maximum Gasteiger partial charge on any atom is 0.0101 e. The molecule has 0 aromatic rings. The summed E-state index contributed by atoms with van der Waals surface area (Å²) in [7, 11) is 0. The average molecular weight is 153 g/mol. The summed E-state index contributed by atoms with van der Waals surface area (Å²) in [6.07, 6.45) is 4.36. The van der Waals surface area contributed by atoms with Crippen LogP contribution in [0.15, 0.2) is 0 Å². The third-order valence-electron chi connectivity index (χ3n) is 3.32. The van der Waals surface area contributed by atoms with E-state index in [0.29, 0.717) is 0 Å². The van der Waals surface area contributed by atoms with Gasteiger partial charge in [0.1, 0.15) is 0 Å². The van der Waals surface area contributed by atoms with Crippen LogP contribution in [0.25, 0.3) is 0 Å². The van der Waals surface area contributed by atoms with Crippen molar-refractivity contribution < 1.29 is 0 Å². The molecular weight excluding hydrogens is 134 g/mol. The van der Waals surface area contributed by atoms with E-state index in [9.17, 15) is 0 Å². The number of nitrogens with zero attached hydrogens (tertiary/aromatic N) is 1. The van der Waals surface area contributed by atoms with Gasteiger partial charge in [-0.25, -0.2) is 0 Å². The molecule has 1 nitrogen and oxygen atoms in total. The van der Waals surface area contributed by atoms with Crippen LogP contribution in [0.2, 0.25) is 0 Å². The highest BCUT2D eigenvalue weighted by Crippen LogP contribution is 2.32. The predicted molar refractivity (Wildman–Crippen MR) is 47.5 cm³/mol. The van der Waals surface area contributed by atoms with Gasteiger partial charge in [-0.3, -0.25) is 0 Å². The van der Waals surface area contributed by atoms with Crippen molar-refractivity contribution in [2.75, 3.05) is 13.1 Å². The molecule has 0 amide bonds. The zero-order chi connectivity index (χ0) is 7.84. The lowest BCUT2D eigenvalue weighted by molar-refractivity contribution is 0.160. The van der Waals surface area contributed by atoms with Crippen LogP contribution in [-0.4, -0.2) is 24.0 Å². The molecule has 2 rings (SSSR count). The molecule has 3 atom stereocenters. The topological polar surface area (TPSA) is 3.24 Å². The quantitative estimate of drug-likeness (QED) is 0.515. The average Bonchev–Trinajstić information content (AvgIpc) is 2.27. The third kappa shape index (κ3) is 1.44. The summed E-state index contributed by atoms with van der Waals surface area (Å²) in [6, 6.07) is 0.953. The molecule has 2 aliphatic heterocycles. The van der Waals surface area contributed by atoms with Crippen molar-refractivity contribution in [3.8, 4) is 0 Å². The molecule has 2 saturated heterocycles. The van der Waals surface area contributed by atoms with Crippen molar-refractivity contribution >= 4 is 0 Å². The van der Waals surface area contributed by atoms with Crippen molar-refractivity contribution in [2.45, 2.75) is 39.2 Å². The number of hydrogen-bond acceptors (Lipinski definition) is 1. The van der Waals surface area contributed by atoms with E-state index in [0.717, 1.165) is 17.9 Å². The number of fused-ring (bicyclic) bond motifs is 1. The minimum Gasteiger partial charge on any atom is -0.300 e. The zero-order valence-electron chi connectivity index (χ0n) is 7.71. The van der Waals surface area contributed by atoms with Crippen LogP contribution in [0.5, 0.6) is 0 Å². The Morgan fingerprint density at radius 1 is 1.09 bits per heavy atom. The van der Waals surface area contributed by atoms with Crippen LogP contribution in [0.4, 0.5) is 0 Å². The molecule has 2 aliphatic rings. The minimum atomic E-state index is 0.953. The van der Waals surface area contributed by atoms with Gasteiger partial charge in [0, 0.05) is 12.6 Å². The number of piperidine rings is 1. The van der Waals surface area contributed by atoms with Gasteiger partial charge in [-0.1, -0.05) is 13.8 Å². The Hall–Kier alpha value is -0.0400. The van der Waals surface area contributed by atoms with Crippen molar-refractivity contribution in [3.05, 3.63) is 0 Å². The van der Waals surface area contributed by atoms with Gasteiger partial charge in [-0.15, -0.1) is 0 Å². The van der Waals surface area contributed by atoms with Crippen LogP contribution >= 0.6 is 0 Å². The smallest absolute Gasteiger partial charge is 0.0101 e. The molecule has 0 unspecified atom stereocenters. The molecule has 2 heterocycles. The molecule has 0 radical (unpaired) electrons. The van der Waals surface area contributed by atoms with E-state index in [2.05, 4.69) is 18.7 Å². The summed E-state index contributed by atoms with van der Waals surface area (Å²) >= 11 is 0. The fourth-order valence-corrected chi connectivity index (χ4v) is 2.73. The summed E-state index contributed by atoms with van der Waals surface area (Å²) < 4.78 is 0. The molecule has 1 heteroatoms. The summed E-state index contributed by atoms with van der Waals surface area (Å²) in [5.41, 5.74) is 0. The van der Waals surface area contributed by atoms with Crippen LogP contribution in [0, 0.1) is 11.8 Å². The molecule has 2 fully saturated rings. The fraction of sp³-hybridized carbons (Fsp3) is 1.00. The van der Waals surface area contributed by atoms with Gasteiger partial charge in [-0.05, 0) is 37.6 Å². The van der Waals surface area contributed by atoms with Gasteiger partial charge >= 0.3 is 0 Å². The molecule has 0 N–H and O–H groups in total. The highest BCUT2D eigenvalue weighted by Gasteiger charge is 2.33. The first-order valence-electron chi connectivity index (χ1n) is 4.99. The molecular formula is C10H19N. The van der Waals surface area contributed by atoms with Gasteiger partial charge in [-0.2, -0.15) is 0 Å². The van der Waals surface area contributed by atoms with Crippen LogP contribution < -0.4 is 0 Å². The van der Waals surface area contributed by atoms with E-state index in [-0.39, 0.29) is 0 Å². The molecule has 11 heavy (non-hydrogen) atoms. The Labute approximate surface area is 69.8 Å². The first kappa shape index (κ1) is 7.60. The Bertz CT molecular complexity index is 144. The van der Waals surface area contributed by atoms with E-state index in [4.69, 9.17) is 0 Å².